The second-order valence-corrected chi connectivity index (χ2v) is 7.29. The van der Waals surface area contributed by atoms with Crippen molar-refractivity contribution in [3.8, 4) is 16.3 Å². The first-order valence-corrected chi connectivity index (χ1v) is 9.99. The van der Waals surface area contributed by atoms with E-state index in [1.54, 1.807) is 28.5 Å². The Morgan fingerprint density at radius 1 is 1.10 bits per heavy atom. The van der Waals surface area contributed by atoms with Crippen LogP contribution in [-0.2, 0) is 11.3 Å². The van der Waals surface area contributed by atoms with E-state index in [1.807, 2.05) is 6.07 Å². The molecule has 1 fully saturated rings. The maximum absolute atomic E-state index is 13.9. The van der Waals surface area contributed by atoms with Gasteiger partial charge in [-0.2, -0.15) is 0 Å². The van der Waals surface area contributed by atoms with Gasteiger partial charge in [0, 0.05) is 18.5 Å². The molecular formula is C21H18F2N2O3S. The fraction of sp³-hybridized carbons (Fsp3) is 0.238. The molecule has 0 unspecified atom stereocenters. The smallest absolute Gasteiger partial charge is 0.273 e. The predicted octanol–water partition coefficient (Wildman–Crippen LogP) is 4.14. The largest absolute Gasteiger partial charge is 0.488 e. The number of morpholine rings is 1. The van der Waals surface area contributed by atoms with Crippen molar-refractivity contribution in [1.82, 2.24) is 9.88 Å². The first-order valence-electron chi connectivity index (χ1n) is 9.11. The Bertz CT molecular complexity index is 998. The molecule has 2 aromatic carbocycles. The Morgan fingerprint density at radius 2 is 1.83 bits per heavy atom. The summed E-state index contributed by atoms with van der Waals surface area (Å²) in [5, 5.41) is 2.31. The standard InChI is InChI=1S/C21H18F2N2O3S/c22-16-5-3-6-17(23)15(16)12-28-19-7-2-1-4-14(19)20-24-18(13-29-20)21(26)25-8-10-27-11-9-25/h1-7,13H,8-12H2. The molecule has 4 rings (SSSR count). The highest BCUT2D eigenvalue weighted by atomic mass is 32.1. The van der Waals surface area contributed by atoms with Gasteiger partial charge in [0.1, 0.15) is 34.7 Å². The Morgan fingerprint density at radius 3 is 2.59 bits per heavy atom. The van der Waals surface area contributed by atoms with E-state index in [1.165, 1.54) is 29.5 Å². The number of nitrogens with zero attached hydrogens (tertiary/aromatic N) is 2. The zero-order valence-corrected chi connectivity index (χ0v) is 16.3. The first-order chi connectivity index (χ1) is 14.1. The predicted molar refractivity (Wildman–Crippen MR) is 105 cm³/mol. The van der Waals surface area contributed by atoms with E-state index in [-0.39, 0.29) is 18.1 Å². The highest BCUT2D eigenvalue weighted by molar-refractivity contribution is 7.13. The Labute approximate surface area is 170 Å². The van der Waals surface area contributed by atoms with Gasteiger partial charge in [0.05, 0.1) is 24.3 Å². The molecule has 0 spiro atoms. The lowest BCUT2D eigenvalue weighted by Gasteiger charge is -2.25. The highest BCUT2D eigenvalue weighted by Crippen LogP contribution is 2.33. The molecule has 0 N–H and O–H groups in total. The number of aromatic nitrogens is 1. The minimum atomic E-state index is -0.657. The van der Waals surface area contributed by atoms with Gasteiger partial charge in [0.25, 0.3) is 5.91 Å². The van der Waals surface area contributed by atoms with Gasteiger partial charge in [-0.3, -0.25) is 4.79 Å². The average molecular weight is 416 g/mol. The van der Waals surface area contributed by atoms with Crippen LogP contribution in [0.2, 0.25) is 0 Å². The van der Waals surface area contributed by atoms with Gasteiger partial charge in [-0.05, 0) is 24.3 Å². The summed E-state index contributed by atoms with van der Waals surface area (Å²) in [6, 6.07) is 10.8. The summed E-state index contributed by atoms with van der Waals surface area (Å²) in [7, 11) is 0. The zero-order valence-electron chi connectivity index (χ0n) is 15.4. The molecule has 0 bridgehead atoms. The van der Waals surface area contributed by atoms with Gasteiger partial charge in [-0.15, -0.1) is 11.3 Å². The lowest BCUT2D eigenvalue weighted by molar-refractivity contribution is 0.0299. The van der Waals surface area contributed by atoms with Gasteiger partial charge >= 0.3 is 0 Å². The number of amides is 1. The van der Waals surface area contributed by atoms with Crippen molar-refractivity contribution in [3.05, 3.63) is 70.7 Å². The molecule has 0 aliphatic carbocycles. The van der Waals surface area contributed by atoms with Gasteiger partial charge in [0.2, 0.25) is 0 Å². The summed E-state index contributed by atoms with van der Waals surface area (Å²) in [6.45, 7) is 1.87. The number of hydrogen-bond acceptors (Lipinski definition) is 5. The third kappa shape index (κ3) is 4.28. The van der Waals surface area contributed by atoms with E-state index < -0.39 is 11.6 Å². The van der Waals surface area contributed by atoms with Gasteiger partial charge in [0.15, 0.2) is 0 Å². The number of rotatable bonds is 5. The molecule has 0 radical (unpaired) electrons. The number of halogens is 2. The fourth-order valence-corrected chi connectivity index (χ4v) is 3.84. The second kappa shape index (κ2) is 8.67. The fourth-order valence-electron chi connectivity index (χ4n) is 3.01. The quantitative estimate of drug-likeness (QED) is 0.627. The number of ether oxygens (including phenoxy) is 2. The van der Waals surface area contributed by atoms with Crippen molar-refractivity contribution >= 4 is 17.2 Å². The van der Waals surface area contributed by atoms with Crippen LogP contribution in [0.3, 0.4) is 0 Å². The third-order valence-electron chi connectivity index (χ3n) is 4.57. The normalized spacial score (nSPS) is 14.1. The molecule has 150 valence electrons. The second-order valence-electron chi connectivity index (χ2n) is 6.43. The number of benzene rings is 2. The molecule has 0 atom stereocenters. The number of hydrogen-bond donors (Lipinski definition) is 0. The molecular weight excluding hydrogens is 398 g/mol. The molecule has 1 amide bonds. The van der Waals surface area contributed by atoms with E-state index in [2.05, 4.69) is 4.98 Å². The van der Waals surface area contributed by atoms with E-state index in [0.29, 0.717) is 48.3 Å². The average Bonchev–Trinajstić information content (AvgIpc) is 3.24. The minimum Gasteiger partial charge on any atom is -0.488 e. The van der Waals surface area contributed by atoms with Crippen molar-refractivity contribution in [2.24, 2.45) is 0 Å². The van der Waals surface area contributed by atoms with Crippen molar-refractivity contribution in [1.29, 1.82) is 0 Å². The zero-order chi connectivity index (χ0) is 20.2. The molecule has 8 heteroatoms. The summed E-state index contributed by atoms with van der Waals surface area (Å²) in [5.41, 5.74) is 0.891. The van der Waals surface area contributed by atoms with Crippen molar-refractivity contribution < 1.29 is 23.0 Å². The summed E-state index contributed by atoms with van der Waals surface area (Å²) in [5.74, 6) is -1.01. The van der Waals surface area contributed by atoms with Crippen LogP contribution < -0.4 is 4.74 Å². The summed E-state index contributed by atoms with van der Waals surface area (Å²) in [6.07, 6.45) is 0. The Balaban J connectivity index is 1.54. The highest BCUT2D eigenvalue weighted by Gasteiger charge is 2.22. The number of para-hydroxylation sites is 1. The number of thiazole rings is 1. The van der Waals surface area contributed by atoms with Crippen LogP contribution in [0.5, 0.6) is 5.75 Å². The molecule has 3 aromatic rings. The molecule has 1 aliphatic heterocycles. The van der Waals surface area contributed by atoms with E-state index >= 15 is 0 Å². The molecule has 1 aromatic heterocycles. The first kappa shape index (κ1) is 19.5. The Hall–Kier alpha value is -2.84. The lowest BCUT2D eigenvalue weighted by atomic mass is 10.2. The maximum atomic E-state index is 13.9. The minimum absolute atomic E-state index is 0.135. The summed E-state index contributed by atoms with van der Waals surface area (Å²) < 4.78 is 38.7. The van der Waals surface area contributed by atoms with Gasteiger partial charge in [-0.1, -0.05) is 18.2 Å². The summed E-state index contributed by atoms with van der Waals surface area (Å²) in [4.78, 5) is 18.8. The molecule has 0 saturated carbocycles. The van der Waals surface area contributed by atoms with Crippen LogP contribution in [0.25, 0.3) is 10.6 Å². The molecule has 1 aliphatic rings. The molecule has 5 nitrogen and oxygen atoms in total. The van der Waals surface area contributed by atoms with Crippen molar-refractivity contribution in [2.45, 2.75) is 6.61 Å². The van der Waals surface area contributed by atoms with Crippen LogP contribution in [-0.4, -0.2) is 42.1 Å². The van der Waals surface area contributed by atoms with Crippen LogP contribution in [0.15, 0.2) is 47.8 Å². The number of carbonyl (C=O) groups excluding carboxylic acids is 1. The van der Waals surface area contributed by atoms with Crippen molar-refractivity contribution in [3.63, 3.8) is 0 Å². The monoisotopic (exact) mass is 416 g/mol. The van der Waals surface area contributed by atoms with Gasteiger partial charge in [-0.25, -0.2) is 13.8 Å². The lowest BCUT2D eigenvalue weighted by Crippen LogP contribution is -2.40. The number of carbonyl (C=O) groups is 1. The van der Waals surface area contributed by atoms with E-state index in [0.717, 1.165) is 0 Å². The molecule has 2 heterocycles. The van der Waals surface area contributed by atoms with Crippen LogP contribution >= 0.6 is 11.3 Å². The SMILES string of the molecule is O=C(c1csc(-c2ccccc2OCc2c(F)cccc2F)n1)N1CCOCC1. The topological polar surface area (TPSA) is 51.7 Å². The van der Waals surface area contributed by atoms with Gasteiger partial charge < -0.3 is 14.4 Å². The summed E-state index contributed by atoms with van der Waals surface area (Å²) >= 11 is 1.32. The van der Waals surface area contributed by atoms with E-state index in [4.69, 9.17) is 9.47 Å². The maximum Gasteiger partial charge on any atom is 0.273 e. The van der Waals surface area contributed by atoms with Crippen molar-refractivity contribution in [2.75, 3.05) is 26.3 Å². The van der Waals surface area contributed by atoms with Crippen LogP contribution in [0, 0.1) is 11.6 Å². The molecule has 29 heavy (non-hydrogen) atoms. The van der Waals surface area contributed by atoms with Crippen LogP contribution in [0.4, 0.5) is 8.78 Å². The third-order valence-corrected chi connectivity index (χ3v) is 5.45. The molecule has 1 saturated heterocycles. The Kier molecular flexibility index (Phi) is 5.82. The van der Waals surface area contributed by atoms with E-state index in [9.17, 15) is 13.6 Å². The van der Waals surface area contributed by atoms with Crippen LogP contribution in [0.1, 0.15) is 16.1 Å².